The van der Waals surface area contributed by atoms with Crippen LogP contribution in [0, 0.1) is 13.8 Å². The van der Waals surface area contributed by atoms with E-state index in [0.717, 1.165) is 34.2 Å². The molecule has 1 fully saturated rings. The zero-order chi connectivity index (χ0) is 15.7. The Balaban J connectivity index is 1.60. The van der Waals surface area contributed by atoms with E-state index >= 15 is 0 Å². The average molecular weight is 318 g/mol. The SMILES string of the molecule is Cc1ccc(C)c2sc(NC(=O)CNC(=O)NC3CC3)nc12. The standard InChI is InChI=1S/C15H18N4O2S/c1-8-3-4-9(2)13-12(8)19-15(22-13)18-11(20)7-16-14(21)17-10-5-6-10/h3-4,10H,5-7H2,1-2H3,(H2,16,17,21)(H,18,19,20). The summed E-state index contributed by atoms with van der Waals surface area (Å²) < 4.78 is 1.08. The molecule has 3 amide bonds. The van der Waals surface area contributed by atoms with Crippen molar-refractivity contribution in [1.29, 1.82) is 0 Å². The first-order chi connectivity index (χ1) is 10.5. The summed E-state index contributed by atoms with van der Waals surface area (Å²) in [5.41, 5.74) is 3.14. The Kier molecular flexibility index (Phi) is 3.98. The van der Waals surface area contributed by atoms with Gasteiger partial charge in [0, 0.05) is 6.04 Å². The number of nitrogens with one attached hydrogen (secondary N) is 3. The molecule has 7 heteroatoms. The van der Waals surface area contributed by atoms with Crippen molar-refractivity contribution in [3.05, 3.63) is 23.3 Å². The summed E-state index contributed by atoms with van der Waals surface area (Å²) in [7, 11) is 0. The molecule has 6 nitrogen and oxygen atoms in total. The van der Waals surface area contributed by atoms with Crippen molar-refractivity contribution in [3.63, 3.8) is 0 Å². The van der Waals surface area contributed by atoms with E-state index in [-0.39, 0.29) is 24.5 Å². The molecule has 1 aromatic carbocycles. The fourth-order valence-corrected chi connectivity index (χ4v) is 3.13. The number of nitrogens with zero attached hydrogens (tertiary/aromatic N) is 1. The molecule has 0 radical (unpaired) electrons. The van der Waals surface area contributed by atoms with E-state index in [1.54, 1.807) is 0 Å². The monoisotopic (exact) mass is 318 g/mol. The fraction of sp³-hybridized carbons (Fsp3) is 0.400. The van der Waals surface area contributed by atoms with Gasteiger partial charge in [0.15, 0.2) is 5.13 Å². The lowest BCUT2D eigenvalue weighted by Crippen LogP contribution is -2.40. The molecule has 3 rings (SSSR count). The first-order valence-electron chi connectivity index (χ1n) is 7.24. The van der Waals surface area contributed by atoms with Crippen molar-refractivity contribution in [2.75, 3.05) is 11.9 Å². The van der Waals surface area contributed by atoms with Crippen LogP contribution in [0.4, 0.5) is 9.93 Å². The second kappa shape index (κ2) is 5.92. The maximum atomic E-state index is 11.9. The molecule has 1 aliphatic rings. The van der Waals surface area contributed by atoms with Crippen LogP contribution in [-0.4, -0.2) is 29.5 Å². The van der Waals surface area contributed by atoms with E-state index in [2.05, 4.69) is 20.9 Å². The van der Waals surface area contributed by atoms with E-state index in [1.807, 2.05) is 26.0 Å². The van der Waals surface area contributed by atoms with Crippen molar-refractivity contribution >= 4 is 38.6 Å². The van der Waals surface area contributed by atoms with Crippen LogP contribution in [0.3, 0.4) is 0 Å². The summed E-state index contributed by atoms with van der Waals surface area (Å²) >= 11 is 1.45. The Hall–Kier alpha value is -2.15. The van der Waals surface area contributed by atoms with Crippen LogP contribution in [0.5, 0.6) is 0 Å². The summed E-state index contributed by atoms with van der Waals surface area (Å²) in [6.07, 6.45) is 2.04. The van der Waals surface area contributed by atoms with Gasteiger partial charge in [0.1, 0.15) is 0 Å². The molecular weight excluding hydrogens is 300 g/mol. The van der Waals surface area contributed by atoms with Crippen molar-refractivity contribution in [1.82, 2.24) is 15.6 Å². The average Bonchev–Trinajstić information content (AvgIpc) is 3.18. The molecule has 1 heterocycles. The Bertz CT molecular complexity index is 697. The number of anilines is 1. The van der Waals surface area contributed by atoms with Crippen LogP contribution in [0.25, 0.3) is 10.2 Å². The van der Waals surface area contributed by atoms with Gasteiger partial charge in [-0.25, -0.2) is 9.78 Å². The van der Waals surface area contributed by atoms with Gasteiger partial charge in [-0.05, 0) is 37.8 Å². The maximum Gasteiger partial charge on any atom is 0.315 e. The van der Waals surface area contributed by atoms with E-state index in [0.29, 0.717) is 5.13 Å². The summed E-state index contributed by atoms with van der Waals surface area (Å²) in [5.74, 6) is -0.277. The molecule has 116 valence electrons. The molecular formula is C15H18N4O2S. The molecule has 22 heavy (non-hydrogen) atoms. The predicted octanol–water partition coefficient (Wildman–Crippen LogP) is 2.31. The molecule has 0 aliphatic heterocycles. The highest BCUT2D eigenvalue weighted by Crippen LogP contribution is 2.30. The molecule has 0 unspecified atom stereocenters. The number of carbonyl (C=O) groups excluding carboxylic acids is 2. The highest BCUT2D eigenvalue weighted by molar-refractivity contribution is 7.22. The van der Waals surface area contributed by atoms with Crippen LogP contribution < -0.4 is 16.0 Å². The Labute approximate surface area is 132 Å². The zero-order valence-electron chi connectivity index (χ0n) is 12.5. The molecule has 1 aromatic heterocycles. The minimum Gasteiger partial charge on any atom is -0.335 e. The van der Waals surface area contributed by atoms with E-state index in [1.165, 1.54) is 11.3 Å². The number of amides is 3. The summed E-state index contributed by atoms with van der Waals surface area (Å²) in [4.78, 5) is 27.8. The van der Waals surface area contributed by atoms with E-state index in [9.17, 15) is 9.59 Å². The van der Waals surface area contributed by atoms with Crippen molar-refractivity contribution in [2.45, 2.75) is 32.7 Å². The summed E-state index contributed by atoms with van der Waals surface area (Å²) in [6.45, 7) is 3.96. The van der Waals surface area contributed by atoms with E-state index < -0.39 is 0 Å². The third kappa shape index (κ3) is 3.36. The number of thiazole rings is 1. The van der Waals surface area contributed by atoms with Gasteiger partial charge in [-0.1, -0.05) is 23.5 Å². The molecule has 1 aliphatic carbocycles. The van der Waals surface area contributed by atoms with Crippen LogP contribution in [0.1, 0.15) is 24.0 Å². The quantitative estimate of drug-likeness (QED) is 0.809. The zero-order valence-corrected chi connectivity index (χ0v) is 13.3. The second-order valence-corrected chi connectivity index (χ2v) is 6.54. The topological polar surface area (TPSA) is 83.1 Å². The van der Waals surface area contributed by atoms with Crippen LogP contribution in [0.2, 0.25) is 0 Å². The fourth-order valence-electron chi connectivity index (χ4n) is 2.10. The lowest BCUT2D eigenvalue weighted by Gasteiger charge is -2.05. The largest absolute Gasteiger partial charge is 0.335 e. The minimum absolute atomic E-state index is 0.0631. The Morgan fingerprint density at radius 3 is 2.68 bits per heavy atom. The highest BCUT2D eigenvalue weighted by atomic mass is 32.1. The third-order valence-electron chi connectivity index (χ3n) is 3.51. The maximum absolute atomic E-state index is 11.9. The summed E-state index contributed by atoms with van der Waals surface area (Å²) in [5, 5.41) is 8.61. The van der Waals surface area contributed by atoms with Gasteiger partial charge < -0.3 is 16.0 Å². The van der Waals surface area contributed by atoms with E-state index in [4.69, 9.17) is 0 Å². The van der Waals surface area contributed by atoms with Crippen molar-refractivity contribution in [2.24, 2.45) is 0 Å². The molecule has 0 spiro atoms. The van der Waals surface area contributed by atoms with Gasteiger partial charge in [0.05, 0.1) is 16.8 Å². The predicted molar refractivity (Wildman–Crippen MR) is 87.3 cm³/mol. The second-order valence-electron chi connectivity index (χ2n) is 5.55. The van der Waals surface area contributed by atoms with Gasteiger partial charge >= 0.3 is 6.03 Å². The van der Waals surface area contributed by atoms with Gasteiger partial charge in [-0.3, -0.25) is 4.79 Å². The highest BCUT2D eigenvalue weighted by Gasteiger charge is 2.23. The number of aryl methyl sites for hydroxylation is 2. The van der Waals surface area contributed by atoms with Gasteiger partial charge in [0.2, 0.25) is 5.91 Å². The molecule has 3 N–H and O–H groups in total. The van der Waals surface area contributed by atoms with Gasteiger partial charge in [-0.15, -0.1) is 0 Å². The number of aromatic nitrogens is 1. The number of rotatable bonds is 4. The summed E-state index contributed by atoms with van der Waals surface area (Å²) in [6, 6.07) is 4.05. The molecule has 2 aromatic rings. The van der Waals surface area contributed by atoms with Crippen LogP contribution >= 0.6 is 11.3 Å². The molecule has 0 saturated heterocycles. The first kappa shape index (κ1) is 14.8. The molecule has 0 atom stereocenters. The smallest absolute Gasteiger partial charge is 0.315 e. The number of fused-ring (bicyclic) bond motifs is 1. The number of carbonyl (C=O) groups is 2. The van der Waals surface area contributed by atoms with Gasteiger partial charge in [-0.2, -0.15) is 0 Å². The van der Waals surface area contributed by atoms with Gasteiger partial charge in [0.25, 0.3) is 0 Å². The molecule has 1 saturated carbocycles. The van der Waals surface area contributed by atoms with Crippen molar-refractivity contribution < 1.29 is 9.59 Å². The number of urea groups is 1. The third-order valence-corrected chi connectivity index (χ3v) is 4.62. The van der Waals surface area contributed by atoms with Crippen LogP contribution in [-0.2, 0) is 4.79 Å². The lowest BCUT2D eigenvalue weighted by molar-refractivity contribution is -0.115. The van der Waals surface area contributed by atoms with Crippen LogP contribution in [0.15, 0.2) is 12.1 Å². The number of hydrogen-bond acceptors (Lipinski definition) is 4. The first-order valence-corrected chi connectivity index (χ1v) is 8.05. The lowest BCUT2D eigenvalue weighted by atomic mass is 10.1. The Morgan fingerprint density at radius 1 is 1.27 bits per heavy atom. The molecule has 0 bridgehead atoms. The Morgan fingerprint density at radius 2 is 2.00 bits per heavy atom. The minimum atomic E-state index is -0.298. The van der Waals surface area contributed by atoms with Crippen molar-refractivity contribution in [3.8, 4) is 0 Å². The normalized spacial score (nSPS) is 13.9. The number of hydrogen-bond donors (Lipinski definition) is 3. The number of benzene rings is 1.